The van der Waals surface area contributed by atoms with Gasteiger partial charge in [0.2, 0.25) is 0 Å². The van der Waals surface area contributed by atoms with Gasteiger partial charge in [0, 0.05) is 16.8 Å². The fourth-order valence-electron chi connectivity index (χ4n) is 1.42. The minimum absolute atomic E-state index is 0.610. The van der Waals surface area contributed by atoms with Gasteiger partial charge in [-0.25, -0.2) is 0 Å². The van der Waals surface area contributed by atoms with Gasteiger partial charge in [-0.15, -0.1) is 0 Å². The molecule has 0 saturated heterocycles. The summed E-state index contributed by atoms with van der Waals surface area (Å²) in [5.74, 6) is 0. The van der Waals surface area contributed by atoms with E-state index in [1.807, 2.05) is 43.5 Å². The molecule has 0 aliphatic carbocycles. The quantitative estimate of drug-likeness (QED) is 0.387. The molecule has 0 heterocycles. The van der Waals surface area contributed by atoms with Crippen molar-refractivity contribution in [3.05, 3.63) is 77.9 Å². The first-order chi connectivity index (χ1) is 9.02. The van der Waals surface area contributed by atoms with Crippen LogP contribution < -0.4 is 0 Å². The summed E-state index contributed by atoms with van der Waals surface area (Å²) in [6.07, 6.45) is 5.45. The maximum atomic E-state index is 6.02. The van der Waals surface area contributed by atoms with Gasteiger partial charge in [-0.3, -0.25) is 4.99 Å². The average molecular weight is 272 g/mol. The predicted octanol–water partition coefficient (Wildman–Crippen LogP) is 5.11. The van der Waals surface area contributed by atoms with Crippen LogP contribution in [0.25, 0.3) is 5.57 Å². The van der Waals surface area contributed by atoms with Gasteiger partial charge in [-0.2, -0.15) is 0 Å². The van der Waals surface area contributed by atoms with Crippen molar-refractivity contribution in [2.75, 3.05) is 6.54 Å². The minimum Gasteiger partial charge on any atom is -0.288 e. The van der Waals surface area contributed by atoms with E-state index in [-0.39, 0.29) is 0 Å². The Labute approximate surface area is 120 Å². The number of allylic oxidation sites excluding steroid dienone is 4. The number of halogens is 1. The summed E-state index contributed by atoms with van der Waals surface area (Å²) in [4.78, 5) is 4.35. The smallest absolute Gasteiger partial charge is 0.0594 e. The third-order valence-corrected chi connectivity index (χ3v) is 2.59. The highest BCUT2D eigenvalue weighted by molar-refractivity contribution is 6.31. The molecule has 0 spiro atoms. The molecule has 0 N–H and O–H groups in total. The van der Waals surface area contributed by atoms with Crippen LogP contribution in [0.4, 0.5) is 0 Å². The Morgan fingerprint density at radius 2 is 2.11 bits per heavy atom. The van der Waals surface area contributed by atoms with Gasteiger partial charge < -0.3 is 0 Å². The summed E-state index contributed by atoms with van der Waals surface area (Å²) in [6, 6.07) is 7.64. The standard InChI is InChI=1S/C17H18ClN/c1-5-14(4)9-16(12-19-11-13(2)3)15-7-6-8-17(18)10-15/h5-10,12H,1-2,4,11H2,3H3/b16-9+,19-12?. The van der Waals surface area contributed by atoms with E-state index in [9.17, 15) is 0 Å². The van der Waals surface area contributed by atoms with E-state index in [0.29, 0.717) is 11.6 Å². The third kappa shape index (κ3) is 5.54. The lowest BCUT2D eigenvalue weighted by Crippen LogP contribution is -1.89. The summed E-state index contributed by atoms with van der Waals surface area (Å²) in [7, 11) is 0. The molecule has 0 aliphatic rings. The predicted molar refractivity (Wildman–Crippen MR) is 86.9 cm³/mol. The average Bonchev–Trinajstić information content (AvgIpc) is 2.37. The van der Waals surface area contributed by atoms with E-state index in [1.54, 1.807) is 6.08 Å². The lowest BCUT2D eigenvalue weighted by atomic mass is 10.0. The second kappa shape index (κ2) is 7.55. The number of benzene rings is 1. The zero-order valence-corrected chi connectivity index (χ0v) is 12.0. The molecule has 1 nitrogen and oxygen atoms in total. The molecule has 0 radical (unpaired) electrons. The molecule has 1 aromatic rings. The van der Waals surface area contributed by atoms with Crippen LogP contribution in [-0.4, -0.2) is 12.8 Å². The number of aliphatic imine (C=N–C) groups is 1. The normalized spacial score (nSPS) is 11.6. The lowest BCUT2D eigenvalue weighted by Gasteiger charge is -2.04. The molecule has 98 valence electrons. The maximum absolute atomic E-state index is 6.02. The van der Waals surface area contributed by atoms with Crippen molar-refractivity contribution in [3.8, 4) is 0 Å². The topological polar surface area (TPSA) is 12.4 Å². The van der Waals surface area contributed by atoms with Crippen LogP contribution in [0.2, 0.25) is 5.02 Å². The monoisotopic (exact) mass is 271 g/mol. The van der Waals surface area contributed by atoms with Gasteiger partial charge in [0.05, 0.1) is 6.54 Å². The van der Waals surface area contributed by atoms with Crippen LogP contribution in [0.5, 0.6) is 0 Å². The van der Waals surface area contributed by atoms with Crippen LogP contribution >= 0.6 is 11.6 Å². The maximum Gasteiger partial charge on any atom is 0.0594 e. The van der Waals surface area contributed by atoms with Crippen molar-refractivity contribution in [3.63, 3.8) is 0 Å². The van der Waals surface area contributed by atoms with Crippen molar-refractivity contribution in [2.45, 2.75) is 6.92 Å². The van der Waals surface area contributed by atoms with Crippen molar-refractivity contribution >= 4 is 23.4 Å². The van der Waals surface area contributed by atoms with Gasteiger partial charge in [0.15, 0.2) is 0 Å². The van der Waals surface area contributed by atoms with E-state index in [4.69, 9.17) is 11.6 Å². The Bertz CT molecular complexity index is 550. The second-order valence-corrected chi connectivity index (χ2v) is 4.75. The fourth-order valence-corrected chi connectivity index (χ4v) is 1.61. The highest BCUT2D eigenvalue weighted by atomic mass is 35.5. The van der Waals surface area contributed by atoms with Gasteiger partial charge in [-0.1, -0.05) is 55.1 Å². The van der Waals surface area contributed by atoms with Crippen molar-refractivity contribution in [1.82, 2.24) is 0 Å². The van der Waals surface area contributed by atoms with Gasteiger partial charge >= 0.3 is 0 Å². The molecule has 2 heteroatoms. The lowest BCUT2D eigenvalue weighted by molar-refractivity contribution is 1.15. The van der Waals surface area contributed by atoms with Gasteiger partial charge in [0.25, 0.3) is 0 Å². The molecule has 0 saturated carbocycles. The number of hydrogen-bond donors (Lipinski definition) is 0. The van der Waals surface area contributed by atoms with Crippen molar-refractivity contribution < 1.29 is 0 Å². The number of hydrogen-bond acceptors (Lipinski definition) is 1. The van der Waals surface area contributed by atoms with E-state index < -0.39 is 0 Å². The highest BCUT2D eigenvalue weighted by Crippen LogP contribution is 2.19. The van der Waals surface area contributed by atoms with E-state index in [0.717, 1.165) is 22.3 Å². The molecule has 0 aromatic heterocycles. The highest BCUT2D eigenvalue weighted by Gasteiger charge is 2.00. The molecular formula is C17H18ClN. The van der Waals surface area contributed by atoms with Crippen molar-refractivity contribution in [2.24, 2.45) is 4.99 Å². The third-order valence-electron chi connectivity index (χ3n) is 2.35. The largest absolute Gasteiger partial charge is 0.288 e. The minimum atomic E-state index is 0.610. The zero-order valence-electron chi connectivity index (χ0n) is 11.2. The van der Waals surface area contributed by atoms with E-state index >= 15 is 0 Å². The Morgan fingerprint density at radius 1 is 1.37 bits per heavy atom. The van der Waals surface area contributed by atoms with E-state index in [2.05, 4.69) is 24.7 Å². The molecule has 0 atom stereocenters. The number of rotatable bonds is 6. The van der Waals surface area contributed by atoms with Crippen molar-refractivity contribution in [1.29, 1.82) is 0 Å². The first-order valence-electron chi connectivity index (χ1n) is 5.96. The molecule has 0 aliphatic heterocycles. The summed E-state index contributed by atoms with van der Waals surface area (Å²) in [5.41, 5.74) is 3.80. The molecule has 19 heavy (non-hydrogen) atoms. The fraction of sp³-hybridized carbons (Fsp3) is 0.118. The molecule has 1 rings (SSSR count). The van der Waals surface area contributed by atoms with Gasteiger partial charge in [0.1, 0.15) is 0 Å². The second-order valence-electron chi connectivity index (χ2n) is 4.32. The molecule has 0 bridgehead atoms. The first-order valence-corrected chi connectivity index (χ1v) is 6.34. The Kier molecular flexibility index (Phi) is 6.04. The summed E-state index contributed by atoms with van der Waals surface area (Å²) in [5, 5.41) is 0.695. The number of nitrogens with zero attached hydrogens (tertiary/aromatic N) is 1. The van der Waals surface area contributed by atoms with Crippen LogP contribution in [0, 0.1) is 0 Å². The Balaban J connectivity index is 3.09. The van der Waals surface area contributed by atoms with Crippen LogP contribution in [0.1, 0.15) is 12.5 Å². The van der Waals surface area contributed by atoms with Gasteiger partial charge in [-0.05, 0) is 36.3 Å². The summed E-state index contributed by atoms with van der Waals surface area (Å²) in [6.45, 7) is 14.0. The molecule has 0 unspecified atom stereocenters. The molecule has 1 aromatic carbocycles. The Hall–Kier alpha value is -1.86. The van der Waals surface area contributed by atoms with Crippen LogP contribution in [0.15, 0.2) is 72.3 Å². The molecule has 0 fully saturated rings. The van der Waals surface area contributed by atoms with Crippen LogP contribution in [-0.2, 0) is 0 Å². The van der Waals surface area contributed by atoms with E-state index in [1.165, 1.54) is 0 Å². The molecule has 0 amide bonds. The Morgan fingerprint density at radius 3 is 2.68 bits per heavy atom. The van der Waals surface area contributed by atoms with Crippen LogP contribution in [0.3, 0.4) is 0 Å². The summed E-state index contributed by atoms with van der Waals surface area (Å²) < 4.78 is 0. The SMILES string of the molecule is C=CC(=C)/C=C(\C=NCC(=C)C)c1cccc(Cl)c1. The zero-order chi connectivity index (χ0) is 14.3. The first kappa shape index (κ1) is 15.2. The molecular weight excluding hydrogens is 254 g/mol. The summed E-state index contributed by atoms with van der Waals surface area (Å²) >= 11 is 6.02.